The summed E-state index contributed by atoms with van der Waals surface area (Å²) in [5.41, 5.74) is 0. The van der Waals surface area contributed by atoms with Crippen molar-refractivity contribution >= 4 is 11.8 Å². The van der Waals surface area contributed by atoms with Gasteiger partial charge in [-0.15, -0.1) is 11.8 Å². The van der Waals surface area contributed by atoms with E-state index in [4.69, 9.17) is 0 Å². The summed E-state index contributed by atoms with van der Waals surface area (Å²) in [6.45, 7) is 4.97. The fourth-order valence-corrected chi connectivity index (χ4v) is 1.80. The van der Waals surface area contributed by atoms with Crippen molar-refractivity contribution in [2.24, 2.45) is 5.92 Å². The Bertz CT molecular complexity index is 79.0. The standard InChI is InChI=1S/C7H15NS/c1-3-7-4-8(5-7)6-9-2/h7H,3-6H2,1-2H3. The molecule has 0 aromatic heterocycles. The zero-order chi connectivity index (χ0) is 6.69. The van der Waals surface area contributed by atoms with Crippen LogP contribution in [0.15, 0.2) is 0 Å². The zero-order valence-corrected chi connectivity index (χ0v) is 7.08. The van der Waals surface area contributed by atoms with Crippen molar-refractivity contribution in [2.75, 3.05) is 25.2 Å². The summed E-state index contributed by atoms with van der Waals surface area (Å²) in [7, 11) is 0. The molecule has 2 heteroatoms. The quantitative estimate of drug-likeness (QED) is 0.594. The van der Waals surface area contributed by atoms with Crippen LogP contribution in [-0.4, -0.2) is 30.1 Å². The normalized spacial score (nSPS) is 22.0. The second-order valence-electron chi connectivity index (χ2n) is 2.73. The Morgan fingerprint density at radius 2 is 2.22 bits per heavy atom. The Kier molecular flexibility index (Phi) is 2.86. The number of hydrogen-bond acceptors (Lipinski definition) is 2. The molecule has 0 N–H and O–H groups in total. The van der Waals surface area contributed by atoms with Gasteiger partial charge < -0.3 is 0 Å². The van der Waals surface area contributed by atoms with Crippen LogP contribution in [0.1, 0.15) is 13.3 Å². The van der Waals surface area contributed by atoms with Crippen LogP contribution in [0.4, 0.5) is 0 Å². The van der Waals surface area contributed by atoms with Gasteiger partial charge in [-0.3, -0.25) is 4.90 Å². The van der Waals surface area contributed by atoms with Crippen molar-refractivity contribution in [3.8, 4) is 0 Å². The molecule has 0 aromatic rings. The van der Waals surface area contributed by atoms with Gasteiger partial charge in [0.15, 0.2) is 0 Å². The van der Waals surface area contributed by atoms with E-state index in [1.54, 1.807) is 0 Å². The maximum Gasteiger partial charge on any atom is 0.0441 e. The lowest BCUT2D eigenvalue weighted by Crippen LogP contribution is -2.45. The third kappa shape index (κ3) is 1.87. The molecule has 9 heavy (non-hydrogen) atoms. The van der Waals surface area contributed by atoms with E-state index in [0.29, 0.717) is 0 Å². The van der Waals surface area contributed by atoms with Crippen LogP contribution in [0.5, 0.6) is 0 Å². The van der Waals surface area contributed by atoms with Crippen LogP contribution in [0.3, 0.4) is 0 Å². The van der Waals surface area contributed by atoms with Gasteiger partial charge in [-0.2, -0.15) is 0 Å². The monoisotopic (exact) mass is 145 g/mol. The molecule has 1 rings (SSSR count). The van der Waals surface area contributed by atoms with Gasteiger partial charge in [0.1, 0.15) is 0 Å². The molecule has 1 fully saturated rings. The summed E-state index contributed by atoms with van der Waals surface area (Å²) in [5.74, 6) is 2.24. The minimum absolute atomic E-state index is 1.01. The second-order valence-corrected chi connectivity index (χ2v) is 3.56. The first-order chi connectivity index (χ1) is 4.36. The SMILES string of the molecule is CCC1CN(CSC)C1. The Labute approximate surface area is 61.8 Å². The smallest absolute Gasteiger partial charge is 0.0441 e. The molecule has 0 atom stereocenters. The van der Waals surface area contributed by atoms with Gasteiger partial charge in [-0.25, -0.2) is 0 Å². The molecule has 0 radical (unpaired) electrons. The van der Waals surface area contributed by atoms with Crippen LogP contribution >= 0.6 is 11.8 Å². The highest BCUT2D eigenvalue weighted by atomic mass is 32.2. The summed E-state index contributed by atoms with van der Waals surface area (Å²) >= 11 is 1.92. The van der Waals surface area contributed by atoms with Gasteiger partial charge >= 0.3 is 0 Å². The van der Waals surface area contributed by atoms with E-state index in [2.05, 4.69) is 18.1 Å². The Morgan fingerprint density at radius 3 is 2.67 bits per heavy atom. The number of likely N-dealkylation sites (tertiary alicyclic amines) is 1. The van der Waals surface area contributed by atoms with Crippen LogP contribution in [0.2, 0.25) is 0 Å². The minimum atomic E-state index is 1.01. The third-order valence-corrected chi connectivity index (χ3v) is 2.55. The van der Waals surface area contributed by atoms with Crippen molar-refractivity contribution < 1.29 is 0 Å². The molecular weight excluding hydrogens is 130 g/mol. The summed E-state index contributed by atoms with van der Waals surface area (Å²) in [6.07, 6.45) is 3.53. The van der Waals surface area contributed by atoms with Gasteiger partial charge in [-0.1, -0.05) is 13.3 Å². The highest BCUT2D eigenvalue weighted by molar-refractivity contribution is 7.98. The highest BCUT2D eigenvalue weighted by Crippen LogP contribution is 2.19. The molecule has 0 unspecified atom stereocenters. The van der Waals surface area contributed by atoms with Crippen LogP contribution in [-0.2, 0) is 0 Å². The molecule has 0 saturated carbocycles. The van der Waals surface area contributed by atoms with Crippen LogP contribution in [0, 0.1) is 5.92 Å². The van der Waals surface area contributed by atoms with E-state index >= 15 is 0 Å². The average molecular weight is 145 g/mol. The van der Waals surface area contributed by atoms with E-state index in [-0.39, 0.29) is 0 Å². The molecule has 0 amide bonds. The number of hydrogen-bond donors (Lipinski definition) is 0. The van der Waals surface area contributed by atoms with Crippen LogP contribution < -0.4 is 0 Å². The Morgan fingerprint density at radius 1 is 1.56 bits per heavy atom. The van der Waals surface area contributed by atoms with Gasteiger partial charge in [0.2, 0.25) is 0 Å². The van der Waals surface area contributed by atoms with Crippen molar-refractivity contribution in [2.45, 2.75) is 13.3 Å². The molecule has 1 nitrogen and oxygen atoms in total. The van der Waals surface area contributed by atoms with Gasteiger partial charge in [0.05, 0.1) is 0 Å². The summed E-state index contributed by atoms with van der Waals surface area (Å²) in [4.78, 5) is 2.50. The summed E-state index contributed by atoms with van der Waals surface area (Å²) in [6, 6.07) is 0. The molecule has 1 saturated heterocycles. The molecule has 0 aliphatic carbocycles. The van der Waals surface area contributed by atoms with E-state index in [0.717, 1.165) is 5.92 Å². The fraction of sp³-hybridized carbons (Fsp3) is 1.00. The maximum absolute atomic E-state index is 2.50. The van der Waals surface area contributed by atoms with E-state index < -0.39 is 0 Å². The fourth-order valence-electron chi connectivity index (χ4n) is 1.22. The number of thioether (sulfide) groups is 1. The predicted molar refractivity (Wildman–Crippen MR) is 43.7 cm³/mol. The molecule has 0 spiro atoms. The molecule has 0 bridgehead atoms. The van der Waals surface area contributed by atoms with E-state index in [9.17, 15) is 0 Å². The van der Waals surface area contributed by atoms with Gasteiger partial charge in [0, 0.05) is 19.0 Å². The van der Waals surface area contributed by atoms with Crippen molar-refractivity contribution in [1.29, 1.82) is 0 Å². The van der Waals surface area contributed by atoms with E-state index in [1.807, 2.05) is 11.8 Å². The summed E-state index contributed by atoms with van der Waals surface area (Å²) in [5, 5.41) is 0. The first-order valence-corrected chi connectivity index (χ1v) is 4.97. The minimum Gasteiger partial charge on any atom is -0.294 e. The second kappa shape index (κ2) is 3.47. The van der Waals surface area contributed by atoms with Crippen molar-refractivity contribution in [3.63, 3.8) is 0 Å². The topological polar surface area (TPSA) is 3.24 Å². The lowest BCUT2D eigenvalue weighted by Gasteiger charge is -2.38. The summed E-state index contributed by atoms with van der Waals surface area (Å²) < 4.78 is 0. The molecular formula is C7H15NS. The molecule has 54 valence electrons. The number of nitrogens with zero attached hydrogens (tertiary/aromatic N) is 1. The average Bonchev–Trinajstić information content (AvgIpc) is 1.77. The van der Waals surface area contributed by atoms with Gasteiger partial charge in [0.25, 0.3) is 0 Å². The third-order valence-electron chi connectivity index (χ3n) is 1.92. The lowest BCUT2D eigenvalue weighted by atomic mass is 9.99. The van der Waals surface area contributed by atoms with Gasteiger partial charge in [-0.05, 0) is 12.2 Å². The molecule has 1 aliphatic rings. The highest BCUT2D eigenvalue weighted by Gasteiger charge is 2.23. The molecule has 1 heterocycles. The Hall–Kier alpha value is 0.310. The maximum atomic E-state index is 2.50. The predicted octanol–water partition coefficient (Wildman–Crippen LogP) is 1.65. The number of rotatable bonds is 3. The molecule has 0 aromatic carbocycles. The van der Waals surface area contributed by atoms with E-state index in [1.165, 1.54) is 25.4 Å². The lowest BCUT2D eigenvalue weighted by molar-refractivity contribution is 0.123. The van der Waals surface area contributed by atoms with Crippen molar-refractivity contribution in [3.05, 3.63) is 0 Å². The Balaban J connectivity index is 1.98. The zero-order valence-electron chi connectivity index (χ0n) is 6.26. The first-order valence-electron chi connectivity index (χ1n) is 3.58. The first kappa shape index (κ1) is 7.42. The molecule has 1 aliphatic heterocycles. The largest absolute Gasteiger partial charge is 0.294 e. The van der Waals surface area contributed by atoms with Crippen LogP contribution in [0.25, 0.3) is 0 Å². The van der Waals surface area contributed by atoms with Crippen molar-refractivity contribution in [1.82, 2.24) is 4.90 Å².